The first-order valence-corrected chi connectivity index (χ1v) is 16.3. The van der Waals surface area contributed by atoms with Gasteiger partial charge in [0.2, 0.25) is 5.91 Å². The fourth-order valence-electron chi connectivity index (χ4n) is 4.59. The van der Waals surface area contributed by atoms with Crippen LogP contribution in [0.5, 0.6) is 0 Å². The molecule has 43 heavy (non-hydrogen) atoms. The van der Waals surface area contributed by atoms with Crippen LogP contribution >= 0.6 is 11.8 Å². The van der Waals surface area contributed by atoms with E-state index in [1.807, 2.05) is 51.1 Å². The fraction of sp³-hybridized carbons (Fsp3) is 0.688. The van der Waals surface area contributed by atoms with Crippen molar-refractivity contribution < 1.29 is 33.4 Å². The second-order valence-electron chi connectivity index (χ2n) is 12.7. The highest BCUT2D eigenvalue weighted by Gasteiger charge is 2.36. The number of unbranched alkanes of at least 4 members (excludes halogenated alkanes) is 3. The number of rotatable bonds is 14. The van der Waals surface area contributed by atoms with Gasteiger partial charge in [0.15, 0.2) is 0 Å². The Morgan fingerprint density at radius 3 is 2.26 bits per heavy atom. The number of nitrogens with one attached hydrogen (secondary N) is 2. The molecule has 0 saturated carbocycles. The predicted molar refractivity (Wildman–Crippen MR) is 169 cm³/mol. The Morgan fingerprint density at radius 1 is 0.977 bits per heavy atom. The first kappa shape index (κ1) is 36.4. The Bertz CT molecular complexity index is 1040. The quantitative estimate of drug-likeness (QED) is 0.168. The first-order chi connectivity index (χ1) is 20.2. The Balaban J connectivity index is 2.03. The Morgan fingerprint density at radius 2 is 1.63 bits per heavy atom. The molecule has 2 rings (SSSR count). The van der Waals surface area contributed by atoms with Gasteiger partial charge in [0.1, 0.15) is 23.8 Å². The van der Waals surface area contributed by atoms with E-state index in [0.717, 1.165) is 31.2 Å². The van der Waals surface area contributed by atoms with Gasteiger partial charge < -0.3 is 24.4 Å². The lowest BCUT2D eigenvalue weighted by Crippen LogP contribution is -2.54. The molecule has 1 saturated heterocycles. The highest BCUT2D eigenvalue weighted by Crippen LogP contribution is 2.33. The summed E-state index contributed by atoms with van der Waals surface area (Å²) in [6.07, 6.45) is 3.31. The number of benzene rings is 1. The van der Waals surface area contributed by atoms with Crippen LogP contribution < -0.4 is 10.6 Å². The van der Waals surface area contributed by atoms with Gasteiger partial charge in [0, 0.05) is 24.1 Å². The summed E-state index contributed by atoms with van der Waals surface area (Å²) in [6, 6.07) is 8.57. The molecule has 0 radical (unpaired) electrons. The fourth-order valence-corrected chi connectivity index (χ4v) is 5.89. The molecule has 11 heteroatoms. The molecular formula is C32H51N3O7S. The van der Waals surface area contributed by atoms with Crippen molar-refractivity contribution in [2.24, 2.45) is 0 Å². The molecule has 2 N–H and O–H groups in total. The lowest BCUT2D eigenvalue weighted by molar-refractivity contribution is -0.159. The molecule has 1 fully saturated rings. The average Bonchev–Trinajstić information content (AvgIpc) is 3.04. The molecule has 0 aromatic heterocycles. The Hall–Kier alpha value is -2.79. The van der Waals surface area contributed by atoms with Gasteiger partial charge >= 0.3 is 18.0 Å². The summed E-state index contributed by atoms with van der Waals surface area (Å²) < 4.78 is 16.1. The van der Waals surface area contributed by atoms with Gasteiger partial charge in [-0.1, -0.05) is 49.6 Å². The molecule has 2 unspecified atom stereocenters. The molecule has 0 spiro atoms. The van der Waals surface area contributed by atoms with E-state index in [0.29, 0.717) is 25.3 Å². The van der Waals surface area contributed by atoms with E-state index >= 15 is 0 Å². The van der Waals surface area contributed by atoms with Crippen LogP contribution in [0.2, 0.25) is 0 Å². The number of nitrogens with zero attached hydrogens (tertiary/aromatic N) is 1. The zero-order chi connectivity index (χ0) is 32.0. The summed E-state index contributed by atoms with van der Waals surface area (Å²) in [6.45, 7) is 13.5. The van der Waals surface area contributed by atoms with Crippen LogP contribution in [-0.4, -0.2) is 84.1 Å². The summed E-state index contributed by atoms with van der Waals surface area (Å²) >= 11 is 1.63. The standard InChI is InChI=1S/C32H51N3O7S/c1-8-40-29(38)24(18-14-9-10-15-19-33-30(39)42-32(5,6)7)34-25-22-43-26(23-16-12-11-13-17-23)20-35(28(25)37)21-27(36)41-31(2,3)4/h11-13,16-17,24-26,34H,8-10,14-15,18-22H2,1-7H3,(H,33,39)/t24-,25?,26?/m1/s1. The van der Waals surface area contributed by atoms with Crippen LogP contribution in [0.15, 0.2) is 30.3 Å². The zero-order valence-electron chi connectivity index (χ0n) is 26.9. The monoisotopic (exact) mass is 621 g/mol. The minimum Gasteiger partial charge on any atom is -0.465 e. The third-order valence-electron chi connectivity index (χ3n) is 6.43. The normalized spacial score (nSPS) is 18.4. The number of carbonyl (C=O) groups excluding carboxylic acids is 4. The van der Waals surface area contributed by atoms with Crippen molar-refractivity contribution in [2.75, 3.05) is 32.0 Å². The zero-order valence-corrected chi connectivity index (χ0v) is 27.7. The van der Waals surface area contributed by atoms with E-state index in [1.54, 1.807) is 44.4 Å². The smallest absolute Gasteiger partial charge is 0.407 e. The number of hydrogen-bond donors (Lipinski definition) is 2. The van der Waals surface area contributed by atoms with Gasteiger partial charge in [0.05, 0.1) is 12.6 Å². The lowest BCUT2D eigenvalue weighted by Gasteiger charge is -2.28. The lowest BCUT2D eigenvalue weighted by atomic mass is 10.1. The summed E-state index contributed by atoms with van der Waals surface area (Å²) in [4.78, 5) is 52.8. The van der Waals surface area contributed by atoms with Gasteiger partial charge in [-0.3, -0.25) is 19.7 Å². The van der Waals surface area contributed by atoms with Crippen molar-refractivity contribution in [3.05, 3.63) is 35.9 Å². The van der Waals surface area contributed by atoms with Crippen LogP contribution in [-0.2, 0) is 28.6 Å². The molecule has 1 aromatic carbocycles. The Kier molecular flexibility index (Phi) is 14.8. The van der Waals surface area contributed by atoms with Crippen LogP contribution in [0, 0.1) is 0 Å². The highest BCUT2D eigenvalue weighted by atomic mass is 32.2. The third kappa shape index (κ3) is 14.5. The van der Waals surface area contributed by atoms with Crippen molar-refractivity contribution in [1.29, 1.82) is 0 Å². The van der Waals surface area contributed by atoms with E-state index in [-0.39, 0.29) is 24.3 Å². The van der Waals surface area contributed by atoms with Crippen LogP contribution in [0.1, 0.15) is 91.4 Å². The molecule has 1 aliphatic rings. The molecule has 10 nitrogen and oxygen atoms in total. The number of esters is 2. The maximum atomic E-state index is 13.8. The minimum atomic E-state index is -0.673. The molecule has 242 valence electrons. The topological polar surface area (TPSA) is 123 Å². The van der Waals surface area contributed by atoms with Gasteiger partial charge in [-0.15, -0.1) is 11.8 Å². The second-order valence-corrected chi connectivity index (χ2v) is 13.9. The van der Waals surface area contributed by atoms with Gasteiger partial charge in [0.25, 0.3) is 0 Å². The van der Waals surface area contributed by atoms with E-state index < -0.39 is 41.3 Å². The van der Waals surface area contributed by atoms with Gasteiger partial charge in [-0.25, -0.2) is 4.79 Å². The summed E-state index contributed by atoms with van der Waals surface area (Å²) in [5, 5.41) is 6.01. The molecule has 3 atom stereocenters. The molecule has 2 amide bonds. The second kappa shape index (κ2) is 17.5. The van der Waals surface area contributed by atoms with Crippen molar-refractivity contribution >= 4 is 35.7 Å². The highest BCUT2D eigenvalue weighted by molar-refractivity contribution is 7.99. The summed E-state index contributed by atoms with van der Waals surface area (Å²) in [5.41, 5.74) is -0.137. The number of carbonyl (C=O) groups is 4. The van der Waals surface area contributed by atoms with Crippen molar-refractivity contribution in [3.63, 3.8) is 0 Å². The predicted octanol–water partition coefficient (Wildman–Crippen LogP) is 5.01. The number of hydrogen-bond acceptors (Lipinski definition) is 9. The maximum Gasteiger partial charge on any atom is 0.407 e. The number of alkyl carbamates (subject to hydrolysis) is 1. The van der Waals surface area contributed by atoms with E-state index in [1.165, 1.54) is 0 Å². The maximum absolute atomic E-state index is 13.8. The molecular weight excluding hydrogens is 570 g/mol. The number of ether oxygens (including phenoxy) is 3. The van der Waals surface area contributed by atoms with Crippen molar-refractivity contribution in [3.8, 4) is 0 Å². The molecule has 1 heterocycles. The van der Waals surface area contributed by atoms with Crippen LogP contribution in [0.4, 0.5) is 4.79 Å². The number of thioether (sulfide) groups is 1. The third-order valence-corrected chi connectivity index (χ3v) is 7.78. The van der Waals surface area contributed by atoms with Gasteiger partial charge in [-0.2, -0.15) is 0 Å². The molecule has 0 aliphatic carbocycles. The minimum absolute atomic E-state index is 0.0327. The average molecular weight is 622 g/mol. The molecule has 0 bridgehead atoms. The van der Waals surface area contributed by atoms with Crippen molar-refractivity contribution in [2.45, 2.75) is 109 Å². The Labute approximate surface area is 261 Å². The summed E-state index contributed by atoms with van der Waals surface area (Å²) in [5.74, 6) is -0.662. The van der Waals surface area contributed by atoms with Crippen LogP contribution in [0.3, 0.4) is 0 Å². The van der Waals surface area contributed by atoms with E-state index in [9.17, 15) is 19.2 Å². The van der Waals surface area contributed by atoms with Crippen molar-refractivity contribution in [1.82, 2.24) is 15.5 Å². The first-order valence-electron chi connectivity index (χ1n) is 15.2. The van der Waals surface area contributed by atoms with Gasteiger partial charge in [-0.05, 0) is 66.9 Å². The molecule has 1 aromatic rings. The summed E-state index contributed by atoms with van der Waals surface area (Å²) in [7, 11) is 0. The van der Waals surface area contributed by atoms with E-state index in [2.05, 4.69) is 10.6 Å². The largest absolute Gasteiger partial charge is 0.465 e. The molecule has 1 aliphatic heterocycles. The van der Waals surface area contributed by atoms with E-state index in [4.69, 9.17) is 14.2 Å². The SMILES string of the molecule is CCOC(=O)[C@@H](CCCCCCNC(=O)OC(C)(C)C)NC1CSC(c2ccccc2)CN(CC(=O)OC(C)(C)C)C1=O. The van der Waals surface area contributed by atoms with Crippen LogP contribution in [0.25, 0.3) is 0 Å². The number of amides is 2.